The standard InChI is InChI=1S/C26H24N6O2S/c1-17-4-6-18(7-5-17)21-15-22(23-3-2-14-34-23)32(30-21)24(33)16-35-26-29-28-25(31(26)20-8-9-20)19-10-12-27-13-11-19/h2-7,10-14,20,22H,8-9,15-16H2,1H3/t22-/m0/s1. The van der Waals surface area contributed by atoms with Crippen LogP contribution in [0.5, 0.6) is 0 Å². The highest BCUT2D eigenvalue weighted by atomic mass is 32.2. The van der Waals surface area contributed by atoms with Gasteiger partial charge in [0.25, 0.3) is 5.91 Å². The first kappa shape index (κ1) is 21.8. The number of carbonyl (C=O) groups is 1. The van der Waals surface area contributed by atoms with Crippen molar-refractivity contribution in [3.63, 3.8) is 0 Å². The van der Waals surface area contributed by atoms with Crippen molar-refractivity contribution in [3.05, 3.63) is 84.1 Å². The molecule has 1 aliphatic carbocycles. The molecule has 0 unspecified atom stereocenters. The number of hydrazone groups is 1. The molecule has 0 spiro atoms. The van der Waals surface area contributed by atoms with Crippen LogP contribution in [0, 0.1) is 6.92 Å². The Morgan fingerprint density at radius 3 is 2.57 bits per heavy atom. The maximum atomic E-state index is 13.4. The van der Waals surface area contributed by atoms with E-state index in [1.54, 1.807) is 23.7 Å². The van der Waals surface area contributed by atoms with Gasteiger partial charge in [-0.1, -0.05) is 41.6 Å². The van der Waals surface area contributed by atoms with Gasteiger partial charge in [-0.25, -0.2) is 5.01 Å². The zero-order valence-electron chi connectivity index (χ0n) is 19.2. The van der Waals surface area contributed by atoms with Gasteiger partial charge in [0.2, 0.25) is 0 Å². The fourth-order valence-electron chi connectivity index (χ4n) is 4.29. The molecule has 4 aromatic rings. The highest BCUT2D eigenvalue weighted by Gasteiger charge is 2.36. The summed E-state index contributed by atoms with van der Waals surface area (Å²) in [5.74, 6) is 1.67. The van der Waals surface area contributed by atoms with Gasteiger partial charge in [0.1, 0.15) is 11.8 Å². The number of rotatable bonds is 7. The molecule has 0 saturated heterocycles. The van der Waals surface area contributed by atoms with E-state index in [4.69, 9.17) is 9.52 Å². The van der Waals surface area contributed by atoms with Crippen molar-refractivity contribution in [1.29, 1.82) is 0 Å². The Morgan fingerprint density at radius 2 is 1.86 bits per heavy atom. The minimum atomic E-state index is -0.261. The largest absolute Gasteiger partial charge is 0.467 e. The molecule has 2 aliphatic rings. The van der Waals surface area contributed by atoms with Crippen LogP contribution in [0.4, 0.5) is 0 Å². The topological polar surface area (TPSA) is 89.4 Å². The Labute approximate surface area is 207 Å². The zero-order valence-corrected chi connectivity index (χ0v) is 20.1. The second kappa shape index (κ2) is 9.14. The predicted molar refractivity (Wildman–Crippen MR) is 133 cm³/mol. The van der Waals surface area contributed by atoms with E-state index >= 15 is 0 Å². The van der Waals surface area contributed by atoms with E-state index in [0.29, 0.717) is 12.5 Å². The highest BCUT2D eigenvalue weighted by Crippen LogP contribution is 2.41. The van der Waals surface area contributed by atoms with Gasteiger partial charge < -0.3 is 4.42 Å². The molecular weight excluding hydrogens is 460 g/mol. The Kier molecular flexibility index (Phi) is 5.69. The smallest absolute Gasteiger partial charge is 0.253 e. The summed E-state index contributed by atoms with van der Waals surface area (Å²) in [4.78, 5) is 17.5. The molecule has 35 heavy (non-hydrogen) atoms. The molecule has 8 nitrogen and oxygen atoms in total. The summed E-state index contributed by atoms with van der Waals surface area (Å²) in [6, 6.07) is 15.9. The molecule has 3 aromatic heterocycles. The molecule has 1 saturated carbocycles. The molecule has 1 aromatic carbocycles. The molecule has 1 aliphatic heterocycles. The van der Waals surface area contributed by atoms with Crippen LogP contribution >= 0.6 is 11.8 Å². The van der Waals surface area contributed by atoms with Gasteiger partial charge in [0.15, 0.2) is 11.0 Å². The number of benzene rings is 1. The Morgan fingerprint density at radius 1 is 1.06 bits per heavy atom. The molecule has 0 bridgehead atoms. The van der Waals surface area contributed by atoms with Crippen molar-refractivity contribution < 1.29 is 9.21 Å². The van der Waals surface area contributed by atoms with Crippen LogP contribution in [0.1, 0.15) is 48.2 Å². The lowest BCUT2D eigenvalue weighted by molar-refractivity contribution is -0.130. The molecule has 1 fully saturated rings. The van der Waals surface area contributed by atoms with Crippen LogP contribution < -0.4 is 0 Å². The number of amides is 1. The Balaban J connectivity index is 1.24. The van der Waals surface area contributed by atoms with Crippen molar-refractivity contribution in [1.82, 2.24) is 24.8 Å². The summed E-state index contributed by atoms with van der Waals surface area (Å²) in [7, 11) is 0. The maximum absolute atomic E-state index is 13.4. The molecule has 1 atom stereocenters. The summed E-state index contributed by atoms with van der Waals surface area (Å²) in [6.07, 6.45) is 7.93. The van der Waals surface area contributed by atoms with E-state index in [2.05, 4.69) is 50.9 Å². The Hall–Kier alpha value is -3.72. The summed E-state index contributed by atoms with van der Waals surface area (Å²) in [6.45, 7) is 2.05. The lowest BCUT2D eigenvalue weighted by atomic mass is 10.0. The van der Waals surface area contributed by atoms with Crippen LogP contribution in [0.3, 0.4) is 0 Å². The van der Waals surface area contributed by atoms with Gasteiger partial charge in [-0.05, 0) is 49.6 Å². The lowest BCUT2D eigenvalue weighted by Crippen LogP contribution is -2.28. The summed E-state index contributed by atoms with van der Waals surface area (Å²) >= 11 is 1.41. The quantitative estimate of drug-likeness (QED) is 0.341. The SMILES string of the molecule is Cc1ccc(C2=NN(C(=O)CSc3nnc(-c4ccncc4)n3C3CC3)[C@H](c3ccco3)C2)cc1. The molecular formula is C26H24N6O2S. The van der Waals surface area contributed by atoms with Gasteiger partial charge in [-0.2, -0.15) is 5.10 Å². The summed E-state index contributed by atoms with van der Waals surface area (Å²) < 4.78 is 7.82. The van der Waals surface area contributed by atoms with Crippen molar-refractivity contribution >= 4 is 23.4 Å². The zero-order chi connectivity index (χ0) is 23.8. The number of pyridine rings is 1. The number of thioether (sulfide) groups is 1. The number of nitrogens with zero attached hydrogens (tertiary/aromatic N) is 6. The van der Waals surface area contributed by atoms with E-state index in [1.165, 1.54) is 17.3 Å². The van der Waals surface area contributed by atoms with Crippen molar-refractivity contribution in [3.8, 4) is 11.4 Å². The molecule has 4 heterocycles. The molecule has 9 heteroatoms. The monoisotopic (exact) mass is 484 g/mol. The van der Waals surface area contributed by atoms with Crippen molar-refractivity contribution in [2.24, 2.45) is 5.10 Å². The lowest BCUT2D eigenvalue weighted by Gasteiger charge is -2.19. The van der Waals surface area contributed by atoms with E-state index < -0.39 is 0 Å². The third-order valence-electron chi connectivity index (χ3n) is 6.26. The third kappa shape index (κ3) is 4.39. The van der Waals surface area contributed by atoms with Crippen LogP contribution in [-0.4, -0.2) is 42.1 Å². The van der Waals surface area contributed by atoms with Crippen LogP contribution in [0.25, 0.3) is 11.4 Å². The van der Waals surface area contributed by atoms with Gasteiger partial charge >= 0.3 is 0 Å². The Bertz CT molecular complexity index is 1360. The second-order valence-electron chi connectivity index (χ2n) is 8.82. The van der Waals surface area contributed by atoms with Crippen LogP contribution in [0.15, 0.2) is 81.9 Å². The summed E-state index contributed by atoms with van der Waals surface area (Å²) in [5.41, 5.74) is 4.06. The van der Waals surface area contributed by atoms with E-state index in [-0.39, 0.29) is 17.7 Å². The summed E-state index contributed by atoms with van der Waals surface area (Å²) in [5, 5.41) is 15.9. The highest BCUT2D eigenvalue weighted by molar-refractivity contribution is 7.99. The first-order valence-electron chi connectivity index (χ1n) is 11.7. The number of aromatic nitrogens is 4. The normalized spacial score (nSPS) is 17.6. The number of hydrogen-bond donors (Lipinski definition) is 0. The van der Waals surface area contributed by atoms with E-state index in [9.17, 15) is 4.79 Å². The van der Waals surface area contributed by atoms with Crippen molar-refractivity contribution in [2.75, 3.05) is 5.75 Å². The molecule has 176 valence electrons. The fourth-order valence-corrected chi connectivity index (χ4v) is 5.15. The van der Waals surface area contributed by atoms with Crippen LogP contribution in [-0.2, 0) is 4.79 Å². The number of hydrogen-bond acceptors (Lipinski definition) is 7. The average molecular weight is 485 g/mol. The second-order valence-corrected chi connectivity index (χ2v) is 9.76. The van der Waals surface area contributed by atoms with Crippen molar-refractivity contribution in [2.45, 2.75) is 43.4 Å². The number of carbonyl (C=O) groups excluding carboxylic acids is 1. The molecule has 1 amide bonds. The first-order chi connectivity index (χ1) is 17.2. The van der Waals surface area contributed by atoms with Gasteiger partial charge in [-0.15, -0.1) is 10.2 Å². The number of aryl methyl sites for hydroxylation is 1. The van der Waals surface area contributed by atoms with Gasteiger partial charge in [0.05, 0.1) is 17.7 Å². The predicted octanol–water partition coefficient (Wildman–Crippen LogP) is 5.05. The van der Waals surface area contributed by atoms with Gasteiger partial charge in [0, 0.05) is 30.4 Å². The van der Waals surface area contributed by atoms with E-state index in [1.807, 2.05) is 24.3 Å². The molecule has 6 rings (SSSR count). The van der Waals surface area contributed by atoms with Gasteiger partial charge in [-0.3, -0.25) is 14.3 Å². The average Bonchev–Trinajstić information content (AvgIpc) is 3.28. The minimum Gasteiger partial charge on any atom is -0.467 e. The van der Waals surface area contributed by atoms with Crippen LogP contribution in [0.2, 0.25) is 0 Å². The molecule has 0 N–H and O–H groups in total. The molecule has 0 radical (unpaired) electrons. The van der Waals surface area contributed by atoms with E-state index in [0.717, 1.165) is 46.4 Å². The maximum Gasteiger partial charge on any atom is 0.253 e. The third-order valence-corrected chi connectivity index (χ3v) is 7.19. The minimum absolute atomic E-state index is 0.0886. The fraction of sp³-hybridized carbons (Fsp3) is 0.269. The number of furan rings is 1. The first-order valence-corrected chi connectivity index (χ1v) is 12.6.